The van der Waals surface area contributed by atoms with Gasteiger partial charge < -0.3 is 11.1 Å². The number of carbonyl (C=O) groups excluding carboxylic acids is 1. The minimum absolute atomic E-state index is 0. The summed E-state index contributed by atoms with van der Waals surface area (Å²) in [5, 5.41) is 3.04. The predicted octanol–water partition coefficient (Wildman–Crippen LogP) is 3.85. The van der Waals surface area contributed by atoms with Crippen molar-refractivity contribution in [2.45, 2.75) is 26.8 Å². The molecule has 0 fully saturated rings. The SMILES string of the molecule is C=CCN(CC=C)C(CNC(=O)c1cc(N)ccc1C)C(C)C.Cl.Cl. The van der Waals surface area contributed by atoms with Crippen molar-refractivity contribution >= 4 is 36.4 Å². The van der Waals surface area contributed by atoms with Crippen molar-refractivity contribution in [3.8, 4) is 0 Å². The molecule has 25 heavy (non-hydrogen) atoms. The molecule has 1 aromatic carbocycles. The second-order valence-corrected chi connectivity index (χ2v) is 6.13. The standard InChI is InChI=1S/C19H29N3O.2ClH/c1-6-10-22(11-7-2)18(14(3)4)13-21-19(23)17-12-16(20)9-8-15(17)5;;/h6-9,12,14,18H,1-2,10-11,13,20H2,3-5H3,(H,21,23);2*1H. The van der Waals surface area contributed by atoms with E-state index in [-0.39, 0.29) is 36.8 Å². The molecule has 6 heteroatoms. The Morgan fingerprint density at radius 2 is 1.80 bits per heavy atom. The fourth-order valence-corrected chi connectivity index (χ4v) is 2.64. The van der Waals surface area contributed by atoms with Gasteiger partial charge in [-0.2, -0.15) is 0 Å². The fraction of sp³-hybridized carbons (Fsp3) is 0.421. The Bertz CT molecular complexity index is 552. The Kier molecular flexibility index (Phi) is 13.2. The van der Waals surface area contributed by atoms with E-state index < -0.39 is 0 Å². The van der Waals surface area contributed by atoms with Crippen molar-refractivity contribution in [3.63, 3.8) is 0 Å². The first-order valence-electron chi connectivity index (χ1n) is 8.00. The highest BCUT2D eigenvalue weighted by Gasteiger charge is 2.21. The molecular formula is C19H31Cl2N3O. The smallest absolute Gasteiger partial charge is 0.251 e. The quantitative estimate of drug-likeness (QED) is 0.499. The van der Waals surface area contributed by atoms with Gasteiger partial charge in [-0.25, -0.2) is 0 Å². The summed E-state index contributed by atoms with van der Waals surface area (Å²) in [6, 6.07) is 5.61. The van der Waals surface area contributed by atoms with Gasteiger partial charge in [-0.15, -0.1) is 38.0 Å². The molecule has 1 atom stereocenters. The number of rotatable bonds is 9. The highest BCUT2D eigenvalue weighted by molar-refractivity contribution is 5.96. The molecule has 0 heterocycles. The first kappa shape index (κ1) is 25.7. The van der Waals surface area contributed by atoms with E-state index in [1.807, 2.05) is 25.1 Å². The number of nitrogens with zero attached hydrogens (tertiary/aromatic N) is 1. The third kappa shape index (κ3) is 7.95. The van der Waals surface area contributed by atoms with Crippen LogP contribution in [-0.4, -0.2) is 36.5 Å². The maximum atomic E-state index is 12.5. The minimum Gasteiger partial charge on any atom is -0.399 e. The zero-order chi connectivity index (χ0) is 17.4. The van der Waals surface area contributed by atoms with Gasteiger partial charge in [-0.05, 0) is 30.5 Å². The Labute approximate surface area is 164 Å². The van der Waals surface area contributed by atoms with Crippen LogP contribution >= 0.6 is 24.8 Å². The summed E-state index contributed by atoms with van der Waals surface area (Å²) in [5.41, 5.74) is 7.94. The van der Waals surface area contributed by atoms with Crippen molar-refractivity contribution < 1.29 is 4.79 Å². The van der Waals surface area contributed by atoms with E-state index in [2.05, 4.69) is 37.2 Å². The lowest BCUT2D eigenvalue weighted by molar-refractivity contribution is 0.0926. The molecule has 0 saturated heterocycles. The van der Waals surface area contributed by atoms with E-state index in [4.69, 9.17) is 5.73 Å². The molecule has 0 radical (unpaired) electrons. The summed E-state index contributed by atoms with van der Waals surface area (Å²) in [5.74, 6) is 0.315. The number of hydrogen-bond acceptors (Lipinski definition) is 3. The van der Waals surface area contributed by atoms with Gasteiger partial charge in [0.15, 0.2) is 0 Å². The highest BCUT2D eigenvalue weighted by atomic mass is 35.5. The van der Waals surface area contributed by atoms with Gasteiger partial charge in [0.25, 0.3) is 5.91 Å². The van der Waals surface area contributed by atoms with E-state index >= 15 is 0 Å². The third-order valence-corrected chi connectivity index (χ3v) is 3.94. The summed E-state index contributed by atoms with van der Waals surface area (Å²) in [7, 11) is 0. The second kappa shape index (κ2) is 12.8. The van der Waals surface area contributed by atoms with E-state index in [1.54, 1.807) is 12.1 Å². The van der Waals surface area contributed by atoms with Crippen LogP contribution in [0.25, 0.3) is 0 Å². The summed E-state index contributed by atoms with van der Waals surface area (Å²) in [6.07, 6.45) is 3.76. The van der Waals surface area contributed by atoms with Crippen LogP contribution in [0.3, 0.4) is 0 Å². The van der Waals surface area contributed by atoms with E-state index in [9.17, 15) is 4.79 Å². The minimum atomic E-state index is -0.0855. The molecule has 0 saturated carbocycles. The molecule has 0 aromatic heterocycles. The summed E-state index contributed by atoms with van der Waals surface area (Å²) < 4.78 is 0. The van der Waals surface area contributed by atoms with E-state index in [0.29, 0.717) is 23.7 Å². The summed E-state index contributed by atoms with van der Waals surface area (Å²) >= 11 is 0. The van der Waals surface area contributed by atoms with Crippen LogP contribution in [0.5, 0.6) is 0 Å². The van der Waals surface area contributed by atoms with Crippen molar-refractivity contribution in [1.29, 1.82) is 0 Å². The molecule has 0 aliphatic rings. The maximum absolute atomic E-state index is 12.5. The zero-order valence-electron chi connectivity index (χ0n) is 15.3. The highest BCUT2D eigenvalue weighted by Crippen LogP contribution is 2.14. The monoisotopic (exact) mass is 387 g/mol. The van der Waals surface area contributed by atoms with Gasteiger partial charge >= 0.3 is 0 Å². The number of hydrogen-bond donors (Lipinski definition) is 2. The lowest BCUT2D eigenvalue weighted by Crippen LogP contribution is -2.47. The summed E-state index contributed by atoms with van der Waals surface area (Å²) in [6.45, 7) is 16.0. The number of aryl methyl sites for hydroxylation is 1. The lowest BCUT2D eigenvalue weighted by atomic mass is 10.0. The predicted molar refractivity (Wildman–Crippen MR) is 113 cm³/mol. The largest absolute Gasteiger partial charge is 0.399 e. The van der Waals surface area contributed by atoms with Crippen molar-refractivity contribution in [2.24, 2.45) is 5.92 Å². The average Bonchev–Trinajstić information content (AvgIpc) is 2.49. The number of amides is 1. The summed E-state index contributed by atoms with van der Waals surface area (Å²) in [4.78, 5) is 14.7. The molecule has 1 unspecified atom stereocenters. The molecule has 1 amide bonds. The van der Waals surface area contributed by atoms with Crippen LogP contribution in [-0.2, 0) is 0 Å². The second-order valence-electron chi connectivity index (χ2n) is 6.13. The van der Waals surface area contributed by atoms with Crippen LogP contribution in [0, 0.1) is 12.8 Å². The lowest BCUT2D eigenvalue weighted by Gasteiger charge is -2.33. The molecular weight excluding hydrogens is 357 g/mol. The fourth-order valence-electron chi connectivity index (χ4n) is 2.64. The molecule has 3 N–H and O–H groups in total. The molecule has 1 aromatic rings. The van der Waals surface area contributed by atoms with Gasteiger partial charge in [0, 0.05) is 36.9 Å². The van der Waals surface area contributed by atoms with Crippen LogP contribution in [0.4, 0.5) is 5.69 Å². The Balaban J connectivity index is 0. The normalized spacial score (nSPS) is 11.2. The average molecular weight is 388 g/mol. The third-order valence-electron chi connectivity index (χ3n) is 3.94. The molecule has 142 valence electrons. The van der Waals surface area contributed by atoms with Gasteiger partial charge in [0.05, 0.1) is 0 Å². The molecule has 4 nitrogen and oxygen atoms in total. The maximum Gasteiger partial charge on any atom is 0.251 e. The van der Waals surface area contributed by atoms with Gasteiger partial charge in [-0.3, -0.25) is 9.69 Å². The topological polar surface area (TPSA) is 58.4 Å². The number of benzene rings is 1. The zero-order valence-corrected chi connectivity index (χ0v) is 17.0. The van der Waals surface area contributed by atoms with Crippen molar-refractivity contribution in [3.05, 3.63) is 54.6 Å². The molecule has 0 aliphatic carbocycles. The van der Waals surface area contributed by atoms with Crippen LogP contribution < -0.4 is 11.1 Å². The number of nitrogen functional groups attached to an aromatic ring is 1. The Morgan fingerprint density at radius 1 is 1.24 bits per heavy atom. The van der Waals surface area contributed by atoms with Crippen LogP contribution in [0.15, 0.2) is 43.5 Å². The molecule has 0 spiro atoms. The number of nitrogens with one attached hydrogen (secondary N) is 1. The van der Waals surface area contributed by atoms with Crippen molar-refractivity contribution in [2.75, 3.05) is 25.4 Å². The first-order valence-corrected chi connectivity index (χ1v) is 8.00. The van der Waals surface area contributed by atoms with E-state index in [1.165, 1.54) is 0 Å². The van der Waals surface area contributed by atoms with E-state index in [0.717, 1.165) is 18.7 Å². The Hall–Kier alpha value is -1.49. The first-order chi connectivity index (χ1) is 10.9. The number of nitrogens with two attached hydrogens (primary N) is 1. The Morgan fingerprint density at radius 3 is 2.28 bits per heavy atom. The number of carbonyl (C=O) groups is 1. The number of anilines is 1. The molecule has 0 aliphatic heterocycles. The molecule has 0 bridgehead atoms. The van der Waals surface area contributed by atoms with Gasteiger partial charge in [0.1, 0.15) is 0 Å². The van der Waals surface area contributed by atoms with Gasteiger partial charge in [0.2, 0.25) is 0 Å². The van der Waals surface area contributed by atoms with Crippen LogP contribution in [0.1, 0.15) is 29.8 Å². The molecule has 1 rings (SSSR count). The van der Waals surface area contributed by atoms with Gasteiger partial charge in [-0.1, -0.05) is 32.1 Å². The van der Waals surface area contributed by atoms with Crippen LogP contribution in [0.2, 0.25) is 0 Å². The number of halogens is 2. The van der Waals surface area contributed by atoms with Crippen molar-refractivity contribution in [1.82, 2.24) is 10.2 Å².